The fraction of sp³-hybridized carbons (Fsp3) is 1.00. The van der Waals surface area contributed by atoms with Crippen LogP contribution in [0.4, 0.5) is 0 Å². The lowest BCUT2D eigenvalue weighted by atomic mass is 10.1. The predicted molar refractivity (Wildman–Crippen MR) is 51.8 cm³/mol. The fourth-order valence-corrected chi connectivity index (χ4v) is 2.14. The molecule has 0 aliphatic heterocycles. The first-order chi connectivity index (χ1) is 5.78. The third kappa shape index (κ3) is 3.22. The van der Waals surface area contributed by atoms with Gasteiger partial charge in [-0.2, -0.15) is 4.31 Å². The van der Waals surface area contributed by atoms with Gasteiger partial charge >= 0.3 is 0 Å². The first kappa shape index (κ1) is 12.8. The molecule has 6 heteroatoms. The second-order valence-corrected chi connectivity index (χ2v) is 5.66. The second kappa shape index (κ2) is 4.36. The van der Waals surface area contributed by atoms with Crippen molar-refractivity contribution in [3.8, 4) is 0 Å². The Bertz CT molecular complexity index is 248. The molecule has 0 atom stereocenters. The average molecular weight is 210 g/mol. The van der Waals surface area contributed by atoms with Gasteiger partial charge in [0.15, 0.2) is 0 Å². The Balaban J connectivity index is 4.69. The predicted octanol–water partition coefficient (Wildman–Crippen LogP) is -1.02. The van der Waals surface area contributed by atoms with E-state index in [1.165, 1.54) is 7.05 Å². The first-order valence-corrected chi connectivity index (χ1v) is 5.66. The van der Waals surface area contributed by atoms with Crippen molar-refractivity contribution < 1.29 is 13.5 Å². The third-order valence-corrected chi connectivity index (χ3v) is 4.11. The molecule has 0 bridgehead atoms. The lowest BCUT2D eigenvalue weighted by molar-refractivity contribution is 0.138. The van der Waals surface area contributed by atoms with Gasteiger partial charge in [0.1, 0.15) is 0 Å². The Morgan fingerprint density at radius 3 is 2.23 bits per heavy atom. The van der Waals surface area contributed by atoms with E-state index in [-0.39, 0.29) is 18.9 Å². The normalized spacial score (nSPS) is 13.7. The van der Waals surface area contributed by atoms with Crippen molar-refractivity contribution in [2.45, 2.75) is 19.4 Å². The standard InChI is InChI=1S/C7H18N2O3S/c1-7(2,6-10)9(3)13(11,12)5-4-8/h10H,4-6,8H2,1-3H3. The smallest absolute Gasteiger partial charge is 0.215 e. The lowest BCUT2D eigenvalue weighted by Crippen LogP contribution is -2.49. The Kier molecular flexibility index (Phi) is 4.31. The van der Waals surface area contributed by atoms with Gasteiger partial charge in [-0.05, 0) is 13.8 Å². The lowest BCUT2D eigenvalue weighted by Gasteiger charge is -2.32. The number of nitrogens with zero attached hydrogens (tertiary/aromatic N) is 1. The molecule has 3 N–H and O–H groups in total. The summed E-state index contributed by atoms with van der Waals surface area (Å²) in [6.07, 6.45) is 0. The zero-order valence-electron chi connectivity index (χ0n) is 8.32. The molecule has 0 saturated heterocycles. The molecule has 0 aromatic rings. The van der Waals surface area contributed by atoms with E-state index in [9.17, 15) is 8.42 Å². The number of likely N-dealkylation sites (N-methyl/N-ethyl adjacent to an activating group) is 1. The van der Waals surface area contributed by atoms with Crippen molar-refractivity contribution >= 4 is 10.0 Å². The van der Waals surface area contributed by atoms with Crippen molar-refractivity contribution in [1.29, 1.82) is 0 Å². The van der Waals surface area contributed by atoms with Gasteiger partial charge in [0, 0.05) is 13.6 Å². The van der Waals surface area contributed by atoms with Crippen LogP contribution in [0.2, 0.25) is 0 Å². The molecule has 13 heavy (non-hydrogen) atoms. The monoisotopic (exact) mass is 210 g/mol. The minimum atomic E-state index is -3.33. The van der Waals surface area contributed by atoms with Crippen LogP contribution in [0.5, 0.6) is 0 Å². The van der Waals surface area contributed by atoms with E-state index in [4.69, 9.17) is 10.8 Å². The topological polar surface area (TPSA) is 83.6 Å². The van der Waals surface area contributed by atoms with Crippen molar-refractivity contribution in [2.24, 2.45) is 5.73 Å². The number of aliphatic hydroxyl groups is 1. The molecule has 0 spiro atoms. The molecule has 0 radical (unpaired) electrons. The van der Waals surface area contributed by atoms with Crippen molar-refractivity contribution in [1.82, 2.24) is 4.31 Å². The number of rotatable bonds is 5. The highest BCUT2D eigenvalue weighted by atomic mass is 32.2. The molecule has 0 aliphatic carbocycles. The molecular weight excluding hydrogens is 192 g/mol. The zero-order chi connectivity index (χ0) is 10.7. The summed E-state index contributed by atoms with van der Waals surface area (Å²) >= 11 is 0. The van der Waals surface area contributed by atoms with Crippen LogP contribution in [0.15, 0.2) is 0 Å². The van der Waals surface area contributed by atoms with Crippen LogP contribution in [0, 0.1) is 0 Å². The van der Waals surface area contributed by atoms with Crippen LogP contribution in [-0.2, 0) is 10.0 Å². The van der Waals surface area contributed by atoms with E-state index in [1.807, 2.05) is 0 Å². The summed E-state index contributed by atoms with van der Waals surface area (Å²) in [5.41, 5.74) is 4.40. The van der Waals surface area contributed by atoms with Gasteiger partial charge < -0.3 is 10.8 Å². The third-order valence-electron chi connectivity index (χ3n) is 2.03. The molecular formula is C7H18N2O3S. The van der Waals surface area contributed by atoms with Crippen LogP contribution in [-0.4, -0.2) is 49.3 Å². The summed E-state index contributed by atoms with van der Waals surface area (Å²) in [6, 6.07) is 0. The van der Waals surface area contributed by atoms with Gasteiger partial charge in [0.2, 0.25) is 10.0 Å². The Morgan fingerprint density at radius 2 is 1.92 bits per heavy atom. The van der Waals surface area contributed by atoms with Crippen molar-refractivity contribution in [2.75, 3.05) is 26.0 Å². The maximum absolute atomic E-state index is 11.5. The van der Waals surface area contributed by atoms with Crippen molar-refractivity contribution in [3.63, 3.8) is 0 Å². The highest BCUT2D eigenvalue weighted by molar-refractivity contribution is 7.89. The molecule has 0 amide bonds. The van der Waals surface area contributed by atoms with Crippen LogP contribution < -0.4 is 5.73 Å². The number of hydrogen-bond donors (Lipinski definition) is 2. The number of sulfonamides is 1. The molecule has 0 saturated carbocycles. The summed E-state index contributed by atoms with van der Waals surface area (Å²) in [5.74, 6) is -0.0903. The molecule has 0 rings (SSSR count). The van der Waals surface area contributed by atoms with Gasteiger partial charge in [-0.25, -0.2) is 8.42 Å². The van der Waals surface area contributed by atoms with Gasteiger partial charge in [-0.1, -0.05) is 0 Å². The first-order valence-electron chi connectivity index (χ1n) is 4.05. The van der Waals surface area contributed by atoms with E-state index < -0.39 is 15.6 Å². The molecule has 0 heterocycles. The summed E-state index contributed by atoms with van der Waals surface area (Å²) in [6.45, 7) is 3.18. The maximum Gasteiger partial charge on any atom is 0.215 e. The highest BCUT2D eigenvalue weighted by Gasteiger charge is 2.31. The van der Waals surface area contributed by atoms with Crippen LogP contribution in [0.1, 0.15) is 13.8 Å². The van der Waals surface area contributed by atoms with Gasteiger partial charge in [-0.3, -0.25) is 0 Å². The quantitative estimate of drug-likeness (QED) is 0.608. The van der Waals surface area contributed by atoms with E-state index in [0.29, 0.717) is 0 Å². The Hall–Kier alpha value is -0.170. The minimum Gasteiger partial charge on any atom is -0.394 e. The zero-order valence-corrected chi connectivity index (χ0v) is 9.13. The van der Waals surface area contributed by atoms with E-state index in [1.54, 1.807) is 13.8 Å². The number of aliphatic hydroxyl groups excluding tert-OH is 1. The number of nitrogens with two attached hydrogens (primary N) is 1. The molecule has 0 unspecified atom stereocenters. The molecule has 80 valence electrons. The van der Waals surface area contributed by atoms with E-state index >= 15 is 0 Å². The Labute approximate surface area is 79.6 Å². The molecule has 0 aliphatic rings. The molecule has 0 aromatic carbocycles. The maximum atomic E-state index is 11.5. The molecule has 0 aromatic heterocycles. The largest absolute Gasteiger partial charge is 0.394 e. The summed E-state index contributed by atoms with van der Waals surface area (Å²) in [7, 11) is -1.89. The van der Waals surface area contributed by atoms with Crippen LogP contribution >= 0.6 is 0 Å². The SMILES string of the molecule is CN(C(C)(C)CO)S(=O)(=O)CCN. The summed E-state index contributed by atoms with van der Waals surface area (Å²) < 4.78 is 24.1. The highest BCUT2D eigenvalue weighted by Crippen LogP contribution is 2.15. The van der Waals surface area contributed by atoms with Crippen molar-refractivity contribution in [3.05, 3.63) is 0 Å². The van der Waals surface area contributed by atoms with Gasteiger partial charge in [0.25, 0.3) is 0 Å². The van der Waals surface area contributed by atoms with Crippen LogP contribution in [0.3, 0.4) is 0 Å². The van der Waals surface area contributed by atoms with Gasteiger partial charge in [0.05, 0.1) is 17.9 Å². The summed E-state index contributed by atoms with van der Waals surface area (Å²) in [5, 5.41) is 8.96. The van der Waals surface area contributed by atoms with E-state index in [2.05, 4.69) is 0 Å². The second-order valence-electron chi connectivity index (χ2n) is 3.54. The number of hydrogen-bond acceptors (Lipinski definition) is 4. The fourth-order valence-electron chi connectivity index (χ4n) is 0.762. The van der Waals surface area contributed by atoms with Gasteiger partial charge in [-0.15, -0.1) is 0 Å². The minimum absolute atomic E-state index is 0.0903. The summed E-state index contributed by atoms with van der Waals surface area (Å²) in [4.78, 5) is 0. The average Bonchev–Trinajstić information content (AvgIpc) is 2.03. The van der Waals surface area contributed by atoms with Crippen LogP contribution in [0.25, 0.3) is 0 Å². The molecule has 5 nitrogen and oxygen atoms in total. The Morgan fingerprint density at radius 1 is 1.46 bits per heavy atom. The van der Waals surface area contributed by atoms with E-state index in [0.717, 1.165) is 4.31 Å². The molecule has 0 fully saturated rings.